The summed E-state index contributed by atoms with van der Waals surface area (Å²) in [5.74, 6) is -0.390. The van der Waals surface area contributed by atoms with Crippen LogP contribution in [-0.2, 0) is 9.84 Å². The maximum absolute atomic E-state index is 12.7. The van der Waals surface area contributed by atoms with Crippen LogP contribution in [0.4, 0.5) is 11.4 Å². The van der Waals surface area contributed by atoms with E-state index >= 15 is 0 Å². The first-order valence-electron chi connectivity index (χ1n) is 8.87. The summed E-state index contributed by atoms with van der Waals surface area (Å²) >= 11 is 0. The van der Waals surface area contributed by atoms with E-state index in [-0.39, 0.29) is 28.8 Å². The van der Waals surface area contributed by atoms with Gasteiger partial charge in [0.2, 0.25) is 0 Å². The second kappa shape index (κ2) is 7.43. The molecule has 1 amide bonds. The predicted octanol–water partition coefficient (Wildman–Crippen LogP) is 0.606. The van der Waals surface area contributed by atoms with Crippen LogP contribution in [0.1, 0.15) is 16.8 Å². The number of hydrogen-bond acceptors (Lipinski definition) is 7. The molecule has 1 aromatic rings. The molecule has 0 aromatic heterocycles. The van der Waals surface area contributed by atoms with E-state index in [4.69, 9.17) is 0 Å². The van der Waals surface area contributed by atoms with Crippen molar-refractivity contribution < 1.29 is 18.1 Å². The van der Waals surface area contributed by atoms with Crippen LogP contribution in [0.2, 0.25) is 0 Å². The number of nitrogens with zero attached hydrogens (tertiary/aromatic N) is 4. The summed E-state index contributed by atoms with van der Waals surface area (Å²) in [7, 11) is 0.440. The van der Waals surface area contributed by atoms with E-state index in [9.17, 15) is 23.3 Å². The molecule has 2 saturated heterocycles. The van der Waals surface area contributed by atoms with Crippen molar-refractivity contribution in [2.24, 2.45) is 0 Å². The average Bonchev–Trinajstić information content (AvgIpc) is 3.00. The smallest absolute Gasteiger partial charge is 0.293 e. The van der Waals surface area contributed by atoms with Crippen LogP contribution < -0.4 is 4.90 Å². The van der Waals surface area contributed by atoms with Crippen LogP contribution in [0.5, 0.6) is 0 Å². The normalized spacial score (nSPS) is 22.6. The monoisotopic (exact) mass is 396 g/mol. The fraction of sp³-hybridized carbons (Fsp3) is 0.588. The standard InChI is InChI=1S/C17H24N4O5S/c1-18-6-8-20(9-7-18)15-4-3-13(11-16(15)21(23)24)17(22)19(2)14-5-10-27(25,26)12-14/h3-4,11,14H,5-10,12H2,1-2H3/t14-/m0/s1. The number of nitro benzene ring substituents is 1. The molecule has 10 heteroatoms. The summed E-state index contributed by atoms with van der Waals surface area (Å²) in [5, 5.41) is 11.6. The van der Waals surface area contributed by atoms with E-state index in [1.54, 1.807) is 19.2 Å². The van der Waals surface area contributed by atoms with Crippen molar-refractivity contribution in [3.05, 3.63) is 33.9 Å². The molecule has 148 valence electrons. The largest absolute Gasteiger partial charge is 0.363 e. The van der Waals surface area contributed by atoms with Gasteiger partial charge in [-0.15, -0.1) is 0 Å². The molecule has 2 heterocycles. The predicted molar refractivity (Wildman–Crippen MR) is 102 cm³/mol. The molecule has 0 bridgehead atoms. The molecule has 0 radical (unpaired) electrons. The average molecular weight is 396 g/mol. The van der Waals surface area contributed by atoms with Crippen LogP contribution in [0, 0.1) is 10.1 Å². The van der Waals surface area contributed by atoms with Gasteiger partial charge in [0.1, 0.15) is 5.69 Å². The third-order valence-corrected chi connectivity index (χ3v) is 7.09. The lowest BCUT2D eigenvalue weighted by atomic mass is 10.1. The van der Waals surface area contributed by atoms with Crippen LogP contribution in [0.3, 0.4) is 0 Å². The molecule has 27 heavy (non-hydrogen) atoms. The van der Waals surface area contributed by atoms with Gasteiger partial charge in [-0.25, -0.2) is 8.42 Å². The molecular weight excluding hydrogens is 372 g/mol. The Bertz CT molecular complexity index is 849. The minimum Gasteiger partial charge on any atom is -0.363 e. The van der Waals surface area contributed by atoms with Gasteiger partial charge in [0.15, 0.2) is 9.84 Å². The van der Waals surface area contributed by atoms with Crippen molar-refractivity contribution in [1.29, 1.82) is 0 Å². The quantitative estimate of drug-likeness (QED) is 0.542. The molecule has 9 nitrogen and oxygen atoms in total. The van der Waals surface area contributed by atoms with Crippen molar-refractivity contribution in [3.63, 3.8) is 0 Å². The molecule has 0 spiro atoms. The third-order valence-electron chi connectivity index (χ3n) is 5.34. The van der Waals surface area contributed by atoms with Gasteiger partial charge in [0, 0.05) is 50.9 Å². The molecule has 2 aliphatic heterocycles. The molecule has 0 unspecified atom stereocenters. The number of hydrogen-bond donors (Lipinski definition) is 0. The number of piperazine rings is 1. The van der Waals surface area contributed by atoms with Gasteiger partial charge >= 0.3 is 0 Å². The Labute approximate surface area is 158 Å². The Morgan fingerprint density at radius 3 is 2.48 bits per heavy atom. The zero-order valence-electron chi connectivity index (χ0n) is 15.5. The van der Waals surface area contributed by atoms with Gasteiger partial charge < -0.3 is 14.7 Å². The van der Waals surface area contributed by atoms with Crippen LogP contribution in [-0.4, -0.2) is 86.9 Å². The summed E-state index contributed by atoms with van der Waals surface area (Å²) in [6.45, 7) is 3.00. The molecule has 0 N–H and O–H groups in total. The highest BCUT2D eigenvalue weighted by molar-refractivity contribution is 7.91. The van der Waals surface area contributed by atoms with Crippen molar-refractivity contribution in [2.45, 2.75) is 12.5 Å². The molecule has 1 atom stereocenters. The molecule has 2 aliphatic rings. The Morgan fingerprint density at radius 1 is 1.26 bits per heavy atom. The lowest BCUT2D eigenvalue weighted by Gasteiger charge is -2.33. The highest BCUT2D eigenvalue weighted by atomic mass is 32.2. The third kappa shape index (κ3) is 4.22. The van der Waals surface area contributed by atoms with E-state index < -0.39 is 20.7 Å². The van der Waals surface area contributed by atoms with Crippen LogP contribution in [0.25, 0.3) is 0 Å². The highest BCUT2D eigenvalue weighted by Gasteiger charge is 2.34. The molecule has 1 aromatic carbocycles. The van der Waals surface area contributed by atoms with Gasteiger partial charge in [-0.3, -0.25) is 14.9 Å². The Hall–Kier alpha value is -2.20. The Morgan fingerprint density at radius 2 is 1.93 bits per heavy atom. The van der Waals surface area contributed by atoms with Gasteiger partial charge in [0.25, 0.3) is 11.6 Å². The zero-order valence-corrected chi connectivity index (χ0v) is 16.3. The van der Waals surface area contributed by atoms with Crippen molar-refractivity contribution in [2.75, 3.05) is 56.7 Å². The van der Waals surface area contributed by atoms with Crippen molar-refractivity contribution >= 4 is 27.1 Å². The summed E-state index contributed by atoms with van der Waals surface area (Å²) in [4.78, 5) is 29.4. The Balaban J connectivity index is 1.83. The SMILES string of the molecule is CN1CCN(c2ccc(C(=O)N(C)[C@H]3CCS(=O)(=O)C3)cc2[N+](=O)[O-])CC1. The number of carbonyl (C=O) groups is 1. The van der Waals surface area contributed by atoms with Gasteiger partial charge in [0.05, 0.1) is 16.4 Å². The van der Waals surface area contributed by atoms with Crippen molar-refractivity contribution in [3.8, 4) is 0 Å². The summed E-state index contributed by atoms with van der Waals surface area (Å²) in [5.41, 5.74) is 0.611. The van der Waals surface area contributed by atoms with E-state index in [2.05, 4.69) is 4.90 Å². The zero-order chi connectivity index (χ0) is 19.8. The number of sulfone groups is 1. The first kappa shape index (κ1) is 19.6. The minimum absolute atomic E-state index is 0.0588. The fourth-order valence-corrected chi connectivity index (χ4v) is 5.34. The molecule has 0 saturated carbocycles. The lowest BCUT2D eigenvalue weighted by molar-refractivity contribution is -0.384. The first-order valence-corrected chi connectivity index (χ1v) is 10.7. The first-order chi connectivity index (χ1) is 12.7. The van der Waals surface area contributed by atoms with E-state index in [1.807, 2.05) is 11.9 Å². The number of rotatable bonds is 4. The van der Waals surface area contributed by atoms with Crippen molar-refractivity contribution in [1.82, 2.24) is 9.80 Å². The lowest BCUT2D eigenvalue weighted by Crippen LogP contribution is -2.44. The molecule has 2 fully saturated rings. The van der Waals surface area contributed by atoms with Gasteiger partial charge in [-0.1, -0.05) is 0 Å². The maximum atomic E-state index is 12.7. The fourth-order valence-electron chi connectivity index (χ4n) is 3.57. The molecular formula is C17H24N4O5S. The van der Waals surface area contributed by atoms with Crippen LogP contribution in [0.15, 0.2) is 18.2 Å². The van der Waals surface area contributed by atoms with E-state index in [0.717, 1.165) is 13.1 Å². The number of benzene rings is 1. The minimum atomic E-state index is -3.12. The second-order valence-corrected chi connectivity index (χ2v) is 9.45. The molecule has 0 aliphatic carbocycles. The van der Waals surface area contributed by atoms with Crippen LogP contribution >= 0.6 is 0 Å². The number of nitro groups is 1. The topological polar surface area (TPSA) is 104 Å². The summed E-state index contributed by atoms with van der Waals surface area (Å²) < 4.78 is 23.3. The second-order valence-electron chi connectivity index (χ2n) is 7.22. The van der Waals surface area contributed by atoms with E-state index in [0.29, 0.717) is 25.2 Å². The highest BCUT2D eigenvalue weighted by Crippen LogP contribution is 2.31. The number of amides is 1. The Kier molecular flexibility index (Phi) is 5.38. The number of likely N-dealkylation sites (N-methyl/N-ethyl adjacent to an activating group) is 1. The van der Waals surface area contributed by atoms with Gasteiger partial charge in [-0.05, 0) is 25.6 Å². The number of carbonyl (C=O) groups excluding carboxylic acids is 1. The maximum Gasteiger partial charge on any atom is 0.293 e. The number of anilines is 1. The summed E-state index contributed by atoms with van der Waals surface area (Å²) in [6.07, 6.45) is 0.395. The molecule has 3 rings (SSSR count). The van der Waals surface area contributed by atoms with Gasteiger partial charge in [-0.2, -0.15) is 0 Å². The summed E-state index contributed by atoms with van der Waals surface area (Å²) in [6, 6.07) is 4.12. The van der Waals surface area contributed by atoms with E-state index in [1.165, 1.54) is 11.0 Å².